The van der Waals surface area contributed by atoms with Crippen LogP contribution in [0, 0.1) is 29.1 Å². The zero-order valence-electron chi connectivity index (χ0n) is 22.8. The Bertz CT molecular complexity index is 1310. The predicted molar refractivity (Wildman–Crippen MR) is 129 cm³/mol. The number of ether oxygens (including phenoxy) is 5. The fraction of sp³-hybridized carbons (Fsp3) is 0.793. The van der Waals surface area contributed by atoms with Crippen molar-refractivity contribution in [3.63, 3.8) is 0 Å². The van der Waals surface area contributed by atoms with Crippen molar-refractivity contribution in [1.29, 1.82) is 0 Å². The molecular weight excluding hydrogens is 508 g/mol. The summed E-state index contributed by atoms with van der Waals surface area (Å²) < 4.78 is 31.8. The molecule has 0 aromatic rings. The summed E-state index contributed by atoms with van der Waals surface area (Å²) >= 11 is 0. The second-order valence-corrected chi connectivity index (χ2v) is 14.2. The molecule has 12 atom stereocenters. The zero-order valence-corrected chi connectivity index (χ0v) is 22.8. The highest BCUT2D eigenvalue weighted by atomic mass is 16.7. The van der Waals surface area contributed by atoms with Gasteiger partial charge in [0, 0.05) is 35.2 Å². The molecule has 8 rings (SSSR count). The number of rotatable bonds is 0. The van der Waals surface area contributed by atoms with Crippen LogP contribution in [0.5, 0.6) is 0 Å². The summed E-state index contributed by atoms with van der Waals surface area (Å²) in [5.74, 6) is -6.09. The van der Waals surface area contributed by atoms with Gasteiger partial charge in [0.25, 0.3) is 0 Å². The van der Waals surface area contributed by atoms with Gasteiger partial charge in [0.15, 0.2) is 5.78 Å². The Kier molecular flexibility index (Phi) is 4.21. The molecule has 10 heteroatoms. The maximum Gasteiger partial charge on any atom is 0.311 e. The molecule has 2 aliphatic carbocycles. The quantitative estimate of drug-likeness (QED) is 0.449. The van der Waals surface area contributed by atoms with Gasteiger partial charge in [0.1, 0.15) is 35.1 Å². The number of aliphatic hydroxyl groups is 1. The van der Waals surface area contributed by atoms with Crippen LogP contribution in [0.25, 0.3) is 0 Å². The lowest BCUT2D eigenvalue weighted by Crippen LogP contribution is -2.64. The molecule has 0 radical (unpaired) electrons. The SMILES string of the molecule is C[C@H]1C(=O)O[C@H]2[C@H]1O[C@@]13O[C@]4(CC[C@@]5(C)C(=O)[C@@](C)(O)[C@@H]2[C@H]15)C[C@@]12OC(=O)C[C@@H]1OC(C)(C)[C@H]2CC=C4C3=O. The van der Waals surface area contributed by atoms with Crippen molar-refractivity contribution in [3.8, 4) is 0 Å². The van der Waals surface area contributed by atoms with E-state index in [1.807, 2.05) is 19.9 Å². The Morgan fingerprint density at radius 2 is 1.74 bits per heavy atom. The topological polar surface area (TPSA) is 135 Å². The van der Waals surface area contributed by atoms with Crippen molar-refractivity contribution < 1.29 is 48.0 Å². The molecule has 6 saturated heterocycles. The molecule has 39 heavy (non-hydrogen) atoms. The molecule has 0 amide bonds. The highest BCUT2D eigenvalue weighted by molar-refractivity contribution is 6.08. The number of fused-ring (bicyclic) bond motifs is 2. The van der Waals surface area contributed by atoms with E-state index in [1.54, 1.807) is 13.8 Å². The third-order valence-electron chi connectivity index (χ3n) is 11.8. The van der Waals surface area contributed by atoms with E-state index in [1.165, 1.54) is 6.92 Å². The molecule has 3 spiro atoms. The largest absolute Gasteiger partial charge is 0.459 e. The van der Waals surface area contributed by atoms with Gasteiger partial charge in [0.05, 0.1) is 17.9 Å². The highest BCUT2D eigenvalue weighted by Crippen LogP contribution is 2.71. The summed E-state index contributed by atoms with van der Waals surface area (Å²) in [6, 6.07) is 0. The van der Waals surface area contributed by atoms with Crippen molar-refractivity contribution in [3.05, 3.63) is 11.6 Å². The van der Waals surface area contributed by atoms with Crippen molar-refractivity contribution in [2.45, 2.75) is 113 Å². The standard InChI is InChI=1S/C29H34O10/c1-12-18-19(35-22(12)32)17-20-25(4,23(33)26(17,5)34)8-9-27-11-28-14(24(2,3)36-15(28)10-16(30)37-28)7-6-13(27)21(31)29(20,38-18)39-27/h6,12,14-15,17-20,34H,7-11H2,1-5H3/t12-,14-,15+,17+,18+,19-,20+,25-,26+,27-,28+,29-/m1/s1. The van der Waals surface area contributed by atoms with Crippen molar-refractivity contribution >= 4 is 23.5 Å². The maximum atomic E-state index is 14.7. The van der Waals surface area contributed by atoms with Crippen molar-refractivity contribution in [1.82, 2.24) is 0 Å². The summed E-state index contributed by atoms with van der Waals surface area (Å²) in [6.45, 7) is 8.88. The average molecular weight is 543 g/mol. The average Bonchev–Trinajstić information content (AvgIpc) is 3.41. The molecule has 6 aliphatic heterocycles. The summed E-state index contributed by atoms with van der Waals surface area (Å²) in [6.07, 6.45) is 1.11. The Balaban J connectivity index is 1.33. The van der Waals surface area contributed by atoms with Crippen molar-refractivity contribution in [2.24, 2.45) is 29.1 Å². The molecule has 210 valence electrons. The number of hydrogen-bond donors (Lipinski definition) is 1. The molecule has 8 aliphatic rings. The van der Waals surface area contributed by atoms with E-state index in [9.17, 15) is 24.3 Å². The first-order valence-corrected chi connectivity index (χ1v) is 14.1. The van der Waals surface area contributed by atoms with Gasteiger partial charge in [-0.05, 0) is 47.0 Å². The number of ketones is 2. The Morgan fingerprint density at radius 3 is 2.49 bits per heavy atom. The van der Waals surface area contributed by atoms with Gasteiger partial charge in [-0.25, -0.2) is 0 Å². The first-order chi connectivity index (χ1) is 18.1. The molecule has 2 bridgehead atoms. The molecule has 0 aromatic heterocycles. The number of esters is 2. The van der Waals surface area contributed by atoms with Crippen LogP contribution >= 0.6 is 0 Å². The lowest BCUT2D eigenvalue weighted by Gasteiger charge is -2.50. The van der Waals surface area contributed by atoms with Crippen LogP contribution in [-0.2, 0) is 42.9 Å². The van der Waals surface area contributed by atoms with Gasteiger partial charge in [0.2, 0.25) is 11.6 Å². The normalized spacial score (nSPS) is 57.9. The summed E-state index contributed by atoms with van der Waals surface area (Å²) in [5, 5.41) is 11.7. The Morgan fingerprint density at radius 1 is 1.00 bits per heavy atom. The van der Waals surface area contributed by atoms with E-state index in [0.29, 0.717) is 24.8 Å². The number of carbonyl (C=O) groups is 4. The van der Waals surface area contributed by atoms with Crippen LogP contribution in [0.3, 0.4) is 0 Å². The fourth-order valence-electron chi connectivity index (χ4n) is 10.2. The second kappa shape index (κ2) is 6.66. The zero-order chi connectivity index (χ0) is 27.7. The van der Waals surface area contributed by atoms with E-state index in [2.05, 4.69) is 0 Å². The van der Waals surface area contributed by atoms with Crippen LogP contribution in [-0.4, -0.2) is 75.1 Å². The van der Waals surface area contributed by atoms with Gasteiger partial charge < -0.3 is 28.8 Å². The molecule has 7 fully saturated rings. The van der Waals surface area contributed by atoms with Crippen LogP contribution in [0.15, 0.2) is 11.6 Å². The molecule has 0 aromatic carbocycles. The van der Waals surface area contributed by atoms with Crippen LogP contribution in [0.2, 0.25) is 0 Å². The van der Waals surface area contributed by atoms with E-state index in [0.717, 1.165) is 0 Å². The predicted octanol–water partition coefficient (Wildman–Crippen LogP) is 1.55. The fourth-order valence-corrected chi connectivity index (χ4v) is 10.2. The molecule has 10 nitrogen and oxygen atoms in total. The maximum absolute atomic E-state index is 14.7. The molecule has 6 heterocycles. The van der Waals surface area contributed by atoms with Crippen molar-refractivity contribution in [2.75, 3.05) is 0 Å². The first kappa shape index (κ1) is 24.6. The summed E-state index contributed by atoms with van der Waals surface area (Å²) in [4.78, 5) is 54.1. The van der Waals surface area contributed by atoms with Crippen LogP contribution in [0.1, 0.15) is 66.7 Å². The first-order valence-electron chi connectivity index (χ1n) is 14.1. The number of hydrogen-bond acceptors (Lipinski definition) is 10. The lowest BCUT2D eigenvalue weighted by atomic mass is 9.62. The van der Waals surface area contributed by atoms with Gasteiger partial charge in [-0.15, -0.1) is 0 Å². The Labute approximate surface area is 225 Å². The number of carbonyl (C=O) groups excluding carboxylic acids is 4. The Hall–Kier alpha value is -2.14. The monoisotopic (exact) mass is 542 g/mol. The molecule has 1 saturated carbocycles. The minimum Gasteiger partial charge on any atom is -0.459 e. The summed E-state index contributed by atoms with van der Waals surface area (Å²) in [5.41, 5.74) is -5.28. The van der Waals surface area contributed by atoms with E-state index in [4.69, 9.17) is 23.7 Å². The number of allylic oxidation sites excluding steroid dienone is 1. The highest BCUT2D eigenvalue weighted by Gasteiger charge is 2.84. The minimum absolute atomic E-state index is 0.130. The van der Waals surface area contributed by atoms with Crippen LogP contribution < -0.4 is 0 Å². The van der Waals surface area contributed by atoms with Gasteiger partial charge in [-0.2, -0.15) is 0 Å². The van der Waals surface area contributed by atoms with Gasteiger partial charge >= 0.3 is 11.9 Å². The minimum atomic E-state index is -1.88. The van der Waals surface area contributed by atoms with E-state index >= 15 is 0 Å². The van der Waals surface area contributed by atoms with E-state index in [-0.39, 0.29) is 30.5 Å². The molecule has 0 unspecified atom stereocenters. The molecule has 1 N–H and O–H groups in total. The van der Waals surface area contributed by atoms with Crippen LogP contribution in [0.4, 0.5) is 0 Å². The number of Topliss-reactive ketones (excluding diaryl/α,β-unsaturated/α-hetero) is 2. The third kappa shape index (κ3) is 2.48. The third-order valence-corrected chi connectivity index (χ3v) is 11.8. The van der Waals surface area contributed by atoms with Gasteiger partial charge in [-0.1, -0.05) is 13.0 Å². The van der Waals surface area contributed by atoms with E-state index < -0.39 is 81.4 Å². The second-order valence-electron chi connectivity index (χ2n) is 14.2. The summed E-state index contributed by atoms with van der Waals surface area (Å²) in [7, 11) is 0. The van der Waals surface area contributed by atoms with Gasteiger partial charge in [-0.3, -0.25) is 19.2 Å². The lowest BCUT2D eigenvalue weighted by molar-refractivity contribution is -0.334. The molecular formula is C29H34O10. The smallest absolute Gasteiger partial charge is 0.311 e.